The van der Waals surface area contributed by atoms with Gasteiger partial charge in [-0.1, -0.05) is 65.8 Å². The number of esters is 1. The summed E-state index contributed by atoms with van der Waals surface area (Å²) in [6.45, 7) is 4.12. The molecular weight excluding hydrogens is 460 g/mol. The molecule has 1 aliphatic rings. The Morgan fingerprint density at radius 2 is 1.67 bits per heavy atom. The first-order valence-electron chi connectivity index (χ1n) is 11.8. The Morgan fingerprint density at radius 3 is 2.33 bits per heavy atom. The predicted molar refractivity (Wildman–Crippen MR) is 129 cm³/mol. The summed E-state index contributed by atoms with van der Waals surface area (Å²) in [5, 5.41) is 12.4. The number of amides is 1. The number of aryl methyl sites for hydroxylation is 1. The van der Waals surface area contributed by atoms with Crippen LogP contribution in [-0.2, 0) is 26.3 Å². The topological polar surface area (TPSA) is 112 Å². The van der Waals surface area contributed by atoms with Crippen LogP contribution in [0.3, 0.4) is 0 Å². The van der Waals surface area contributed by atoms with E-state index in [2.05, 4.69) is 15.4 Å². The van der Waals surface area contributed by atoms with Gasteiger partial charge in [0.25, 0.3) is 11.8 Å². The number of hydrogen-bond acceptors (Lipinski definition) is 8. The summed E-state index contributed by atoms with van der Waals surface area (Å²) < 4.78 is 17.0. The zero-order chi connectivity index (χ0) is 25.1. The van der Waals surface area contributed by atoms with Crippen molar-refractivity contribution in [3.8, 4) is 22.7 Å². The molecule has 0 unspecified atom stereocenters. The van der Waals surface area contributed by atoms with Gasteiger partial charge in [-0.3, -0.25) is 9.59 Å². The highest BCUT2D eigenvalue weighted by Gasteiger charge is 2.45. The second kappa shape index (κ2) is 9.77. The van der Waals surface area contributed by atoms with E-state index in [0.717, 1.165) is 11.1 Å². The van der Waals surface area contributed by atoms with Crippen LogP contribution in [0.2, 0.25) is 0 Å². The van der Waals surface area contributed by atoms with Gasteiger partial charge >= 0.3 is 5.97 Å². The third-order valence-corrected chi connectivity index (χ3v) is 6.70. The maximum absolute atomic E-state index is 13.5. The van der Waals surface area contributed by atoms with Crippen molar-refractivity contribution in [2.45, 2.75) is 38.7 Å². The van der Waals surface area contributed by atoms with Crippen LogP contribution in [0, 0.1) is 6.92 Å². The summed E-state index contributed by atoms with van der Waals surface area (Å²) in [4.78, 5) is 27.0. The lowest BCUT2D eigenvalue weighted by Gasteiger charge is -2.39. The van der Waals surface area contributed by atoms with E-state index in [1.54, 1.807) is 18.7 Å². The zero-order valence-corrected chi connectivity index (χ0v) is 20.1. The third kappa shape index (κ3) is 4.39. The fourth-order valence-electron chi connectivity index (χ4n) is 4.67. The van der Waals surface area contributed by atoms with Crippen LogP contribution in [0.1, 0.15) is 37.0 Å². The first-order valence-corrected chi connectivity index (χ1v) is 11.8. The first-order chi connectivity index (χ1) is 17.5. The van der Waals surface area contributed by atoms with Gasteiger partial charge in [-0.25, -0.2) is 0 Å². The van der Waals surface area contributed by atoms with E-state index >= 15 is 0 Å². The Balaban J connectivity index is 1.34. The average molecular weight is 487 g/mol. The van der Waals surface area contributed by atoms with Crippen LogP contribution in [-0.4, -0.2) is 45.2 Å². The minimum Gasteiger partial charge on any atom is -0.455 e. The molecule has 0 aliphatic carbocycles. The van der Waals surface area contributed by atoms with Crippen LogP contribution in [0.25, 0.3) is 22.7 Å². The van der Waals surface area contributed by atoms with Gasteiger partial charge < -0.3 is 18.6 Å². The zero-order valence-electron chi connectivity index (χ0n) is 20.1. The maximum Gasteiger partial charge on any atom is 0.317 e. The number of rotatable bonds is 6. The van der Waals surface area contributed by atoms with Crippen molar-refractivity contribution >= 4 is 11.9 Å². The second-order valence-corrected chi connectivity index (χ2v) is 8.86. The van der Waals surface area contributed by atoms with E-state index in [9.17, 15) is 9.59 Å². The average Bonchev–Trinajstić information content (AvgIpc) is 3.54. The van der Waals surface area contributed by atoms with Gasteiger partial charge in [0.1, 0.15) is 17.0 Å². The summed E-state index contributed by atoms with van der Waals surface area (Å²) in [5.74, 6) is 0.583. The Kier molecular flexibility index (Phi) is 6.37. The molecule has 0 bridgehead atoms. The largest absolute Gasteiger partial charge is 0.455 e. The number of piperidine rings is 1. The number of carbonyl (C=O) groups is 2. The SMILES string of the molecule is CC(=O)N1CCC(C(=O)OCc2nnc(-c3c(-c4ccccc4)noc3C)o2)(c2ccccc2)CC1. The molecule has 4 aromatic rings. The summed E-state index contributed by atoms with van der Waals surface area (Å²) in [6.07, 6.45) is 0.954. The highest BCUT2D eigenvalue weighted by Crippen LogP contribution is 2.38. The van der Waals surface area contributed by atoms with Gasteiger partial charge in [0.05, 0.1) is 5.41 Å². The van der Waals surface area contributed by atoms with E-state index in [0.29, 0.717) is 42.9 Å². The van der Waals surface area contributed by atoms with Crippen molar-refractivity contribution in [2.75, 3.05) is 13.1 Å². The molecule has 0 saturated carbocycles. The van der Waals surface area contributed by atoms with Crippen molar-refractivity contribution in [1.29, 1.82) is 0 Å². The van der Waals surface area contributed by atoms with Gasteiger partial charge in [-0.2, -0.15) is 0 Å². The molecule has 5 rings (SSSR count). The highest BCUT2D eigenvalue weighted by molar-refractivity contribution is 5.84. The quantitative estimate of drug-likeness (QED) is 0.370. The van der Waals surface area contributed by atoms with E-state index in [1.807, 2.05) is 60.7 Å². The molecule has 1 saturated heterocycles. The number of likely N-dealkylation sites (tertiary alicyclic amines) is 1. The Hall–Kier alpha value is -4.27. The molecule has 184 valence electrons. The fourth-order valence-corrected chi connectivity index (χ4v) is 4.67. The number of carbonyl (C=O) groups excluding carboxylic acids is 2. The van der Waals surface area contributed by atoms with Crippen molar-refractivity contribution in [3.05, 3.63) is 77.9 Å². The van der Waals surface area contributed by atoms with Crippen molar-refractivity contribution < 1.29 is 23.3 Å². The number of hydrogen-bond donors (Lipinski definition) is 0. The highest BCUT2D eigenvalue weighted by atomic mass is 16.5. The summed E-state index contributed by atoms with van der Waals surface area (Å²) in [5.41, 5.74) is 2.08. The lowest BCUT2D eigenvalue weighted by atomic mass is 9.72. The monoisotopic (exact) mass is 486 g/mol. The molecule has 0 spiro atoms. The number of benzene rings is 2. The van der Waals surface area contributed by atoms with E-state index in [1.165, 1.54) is 0 Å². The normalized spacial score (nSPS) is 15.0. The third-order valence-electron chi connectivity index (χ3n) is 6.70. The summed E-state index contributed by atoms with van der Waals surface area (Å²) >= 11 is 0. The summed E-state index contributed by atoms with van der Waals surface area (Å²) in [6, 6.07) is 19.1. The Labute approximate surface area is 208 Å². The molecule has 9 nitrogen and oxygen atoms in total. The predicted octanol–water partition coefficient (Wildman–Crippen LogP) is 4.32. The number of ether oxygens (including phenoxy) is 1. The molecule has 1 fully saturated rings. The standard InChI is InChI=1S/C27H26N4O5/c1-18-23(24(30-36-18)20-9-5-3-6-10-20)25-29-28-22(35-25)17-34-26(33)27(21-11-7-4-8-12-21)13-15-31(16-14-27)19(2)32/h3-12H,13-17H2,1-2H3. The molecule has 9 heteroatoms. The van der Waals surface area contributed by atoms with E-state index in [-0.39, 0.29) is 30.3 Å². The Morgan fingerprint density at radius 1 is 1.00 bits per heavy atom. The lowest BCUT2D eigenvalue weighted by molar-refractivity contribution is -0.156. The van der Waals surface area contributed by atoms with Gasteiger partial charge in [0.2, 0.25) is 5.91 Å². The van der Waals surface area contributed by atoms with Gasteiger partial charge in [0, 0.05) is 25.6 Å². The minimum atomic E-state index is -0.846. The van der Waals surface area contributed by atoms with Crippen LogP contribution in [0.5, 0.6) is 0 Å². The molecule has 1 amide bonds. The fraction of sp³-hybridized carbons (Fsp3) is 0.296. The van der Waals surface area contributed by atoms with Crippen LogP contribution >= 0.6 is 0 Å². The van der Waals surface area contributed by atoms with Gasteiger partial charge in [-0.15, -0.1) is 10.2 Å². The molecule has 1 aliphatic heterocycles. The minimum absolute atomic E-state index is 0.00215. The first kappa shape index (κ1) is 23.5. The van der Waals surface area contributed by atoms with Gasteiger partial charge in [0.15, 0.2) is 6.61 Å². The second-order valence-electron chi connectivity index (χ2n) is 8.86. The molecular formula is C27H26N4O5. The molecule has 0 atom stereocenters. The maximum atomic E-state index is 13.5. The van der Waals surface area contributed by atoms with Crippen molar-refractivity contribution in [3.63, 3.8) is 0 Å². The van der Waals surface area contributed by atoms with Crippen LogP contribution < -0.4 is 0 Å². The molecule has 36 heavy (non-hydrogen) atoms. The van der Waals surface area contributed by atoms with Gasteiger partial charge in [-0.05, 0) is 25.3 Å². The van der Waals surface area contributed by atoms with Crippen molar-refractivity contribution in [2.24, 2.45) is 0 Å². The molecule has 0 N–H and O–H groups in total. The number of nitrogens with zero attached hydrogens (tertiary/aromatic N) is 4. The van der Waals surface area contributed by atoms with Crippen LogP contribution in [0.15, 0.2) is 69.6 Å². The Bertz CT molecular complexity index is 1360. The molecule has 2 aromatic heterocycles. The molecule has 2 aromatic carbocycles. The van der Waals surface area contributed by atoms with E-state index in [4.69, 9.17) is 13.7 Å². The molecule has 3 heterocycles. The summed E-state index contributed by atoms with van der Waals surface area (Å²) in [7, 11) is 0. The van der Waals surface area contributed by atoms with Crippen molar-refractivity contribution in [1.82, 2.24) is 20.3 Å². The molecule has 0 radical (unpaired) electrons. The number of aromatic nitrogens is 3. The van der Waals surface area contributed by atoms with E-state index < -0.39 is 5.41 Å². The van der Waals surface area contributed by atoms with Crippen LogP contribution in [0.4, 0.5) is 0 Å². The lowest BCUT2D eigenvalue weighted by Crippen LogP contribution is -2.49. The smallest absolute Gasteiger partial charge is 0.317 e.